The molecule has 0 aliphatic rings. The minimum absolute atomic E-state index is 0.0978. The van der Waals surface area contributed by atoms with Crippen LogP contribution in [-0.4, -0.2) is 25.3 Å². The standard InChI is InChI=1S/C11H13F4NO3S/c12-10-6-8(2-3-9(10)11(13,14)15)7-16-4-1-5-20(17,18)19/h2-3,6,16H,1,4-5,7H2,(H,17,18,19). The van der Waals surface area contributed by atoms with E-state index in [4.69, 9.17) is 4.55 Å². The minimum atomic E-state index is -4.73. The van der Waals surface area contributed by atoms with E-state index in [1.807, 2.05) is 0 Å². The van der Waals surface area contributed by atoms with E-state index in [1.54, 1.807) is 0 Å². The first-order valence-corrected chi connectivity index (χ1v) is 7.22. The number of rotatable bonds is 6. The minimum Gasteiger partial charge on any atom is -0.313 e. The van der Waals surface area contributed by atoms with Crippen LogP contribution in [0.4, 0.5) is 17.6 Å². The molecule has 1 aromatic rings. The van der Waals surface area contributed by atoms with Gasteiger partial charge in [0.15, 0.2) is 0 Å². The summed E-state index contributed by atoms with van der Waals surface area (Å²) in [7, 11) is -4.02. The van der Waals surface area contributed by atoms with Crippen molar-refractivity contribution in [2.45, 2.75) is 19.1 Å². The molecule has 4 nitrogen and oxygen atoms in total. The molecular formula is C11H13F4NO3S. The summed E-state index contributed by atoms with van der Waals surface area (Å²) in [6.07, 6.45) is -4.59. The topological polar surface area (TPSA) is 66.4 Å². The molecule has 0 aliphatic carbocycles. The first kappa shape index (κ1) is 16.9. The molecule has 0 saturated carbocycles. The number of nitrogens with one attached hydrogen (secondary N) is 1. The lowest BCUT2D eigenvalue weighted by Gasteiger charge is -2.10. The Balaban J connectivity index is 2.48. The maximum absolute atomic E-state index is 13.2. The molecule has 0 saturated heterocycles. The Bertz CT molecular complexity index is 557. The smallest absolute Gasteiger partial charge is 0.313 e. The van der Waals surface area contributed by atoms with E-state index in [-0.39, 0.29) is 19.5 Å². The quantitative estimate of drug-likeness (QED) is 0.480. The van der Waals surface area contributed by atoms with Crippen LogP contribution in [-0.2, 0) is 22.8 Å². The van der Waals surface area contributed by atoms with Crippen LogP contribution in [0.25, 0.3) is 0 Å². The van der Waals surface area contributed by atoms with Gasteiger partial charge in [0.2, 0.25) is 0 Å². The number of benzene rings is 1. The molecule has 0 fully saturated rings. The van der Waals surface area contributed by atoms with Crippen molar-refractivity contribution in [1.29, 1.82) is 0 Å². The lowest BCUT2D eigenvalue weighted by atomic mass is 10.1. The Morgan fingerprint density at radius 1 is 1.25 bits per heavy atom. The SMILES string of the molecule is O=S(=O)(O)CCCNCc1ccc(C(F)(F)F)c(F)c1. The van der Waals surface area contributed by atoms with E-state index in [0.717, 1.165) is 12.1 Å². The van der Waals surface area contributed by atoms with Gasteiger partial charge in [0.1, 0.15) is 5.82 Å². The second kappa shape index (κ2) is 6.51. The molecule has 0 amide bonds. The Labute approximate surface area is 113 Å². The van der Waals surface area contributed by atoms with E-state index < -0.39 is 33.4 Å². The van der Waals surface area contributed by atoms with Crippen LogP contribution in [0.2, 0.25) is 0 Å². The average Bonchev–Trinajstić information content (AvgIpc) is 2.25. The highest BCUT2D eigenvalue weighted by Gasteiger charge is 2.33. The summed E-state index contributed by atoms with van der Waals surface area (Å²) in [5.74, 6) is -1.77. The monoisotopic (exact) mass is 315 g/mol. The van der Waals surface area contributed by atoms with Crippen molar-refractivity contribution in [2.24, 2.45) is 0 Å². The third-order valence-corrected chi connectivity index (χ3v) is 3.23. The van der Waals surface area contributed by atoms with Crippen LogP contribution >= 0.6 is 0 Å². The van der Waals surface area contributed by atoms with Gasteiger partial charge in [-0.2, -0.15) is 21.6 Å². The van der Waals surface area contributed by atoms with Crippen molar-refractivity contribution in [1.82, 2.24) is 5.32 Å². The summed E-state index contributed by atoms with van der Waals surface area (Å²) >= 11 is 0. The van der Waals surface area contributed by atoms with Gasteiger partial charge in [0.05, 0.1) is 11.3 Å². The van der Waals surface area contributed by atoms with Gasteiger partial charge >= 0.3 is 6.18 Å². The van der Waals surface area contributed by atoms with E-state index in [1.165, 1.54) is 0 Å². The molecular weight excluding hydrogens is 302 g/mol. The molecule has 0 aliphatic heterocycles. The summed E-state index contributed by atoms with van der Waals surface area (Å²) in [6, 6.07) is 2.57. The van der Waals surface area contributed by atoms with E-state index in [9.17, 15) is 26.0 Å². The van der Waals surface area contributed by atoms with Gasteiger partial charge < -0.3 is 5.32 Å². The highest BCUT2D eigenvalue weighted by molar-refractivity contribution is 7.85. The molecule has 0 radical (unpaired) electrons. The summed E-state index contributed by atoms with van der Waals surface area (Å²) in [4.78, 5) is 0. The van der Waals surface area contributed by atoms with Gasteiger partial charge in [-0.25, -0.2) is 4.39 Å². The molecule has 20 heavy (non-hydrogen) atoms. The van der Waals surface area contributed by atoms with Crippen molar-refractivity contribution >= 4 is 10.1 Å². The second-order valence-electron chi connectivity index (χ2n) is 4.13. The van der Waals surface area contributed by atoms with Crippen molar-refractivity contribution in [2.75, 3.05) is 12.3 Å². The predicted octanol–water partition coefficient (Wildman–Crippen LogP) is 2.21. The molecule has 2 N–H and O–H groups in total. The van der Waals surface area contributed by atoms with Crippen LogP contribution in [0.5, 0.6) is 0 Å². The second-order valence-corrected chi connectivity index (χ2v) is 5.70. The fourth-order valence-electron chi connectivity index (χ4n) is 1.51. The lowest BCUT2D eigenvalue weighted by Crippen LogP contribution is -2.18. The van der Waals surface area contributed by atoms with Gasteiger partial charge in [-0.15, -0.1) is 0 Å². The Kier molecular flexibility index (Phi) is 5.49. The van der Waals surface area contributed by atoms with Crippen molar-refractivity contribution in [3.05, 3.63) is 35.1 Å². The zero-order valence-corrected chi connectivity index (χ0v) is 11.1. The Hall–Kier alpha value is -1.19. The maximum Gasteiger partial charge on any atom is 0.419 e. The van der Waals surface area contributed by atoms with Crippen molar-refractivity contribution in [3.63, 3.8) is 0 Å². The maximum atomic E-state index is 13.2. The summed E-state index contributed by atoms with van der Waals surface area (Å²) < 4.78 is 79.4. The molecule has 0 atom stereocenters. The predicted molar refractivity (Wildman–Crippen MR) is 64.1 cm³/mol. The van der Waals surface area contributed by atoms with Gasteiger partial charge in [-0.05, 0) is 30.7 Å². The van der Waals surface area contributed by atoms with Gasteiger partial charge in [-0.1, -0.05) is 6.07 Å². The fraction of sp³-hybridized carbons (Fsp3) is 0.455. The van der Waals surface area contributed by atoms with Crippen molar-refractivity contribution < 1.29 is 30.5 Å². The van der Waals surface area contributed by atoms with Crippen molar-refractivity contribution in [3.8, 4) is 0 Å². The van der Waals surface area contributed by atoms with Crippen LogP contribution in [0, 0.1) is 5.82 Å². The third kappa shape index (κ3) is 5.85. The number of alkyl halides is 3. The molecule has 0 spiro atoms. The van der Waals surface area contributed by atoms with Gasteiger partial charge in [0.25, 0.3) is 10.1 Å². The first-order chi connectivity index (χ1) is 9.09. The number of hydrogen-bond acceptors (Lipinski definition) is 3. The highest BCUT2D eigenvalue weighted by atomic mass is 32.2. The Morgan fingerprint density at radius 2 is 1.90 bits per heavy atom. The molecule has 0 aromatic heterocycles. The van der Waals surface area contributed by atoms with Crippen LogP contribution in [0.15, 0.2) is 18.2 Å². The zero-order valence-electron chi connectivity index (χ0n) is 10.2. The van der Waals surface area contributed by atoms with Crippen LogP contribution in [0.3, 0.4) is 0 Å². The van der Waals surface area contributed by atoms with Gasteiger partial charge in [0, 0.05) is 6.54 Å². The zero-order chi connectivity index (χ0) is 15.4. The van der Waals surface area contributed by atoms with Crippen LogP contribution in [0.1, 0.15) is 17.5 Å². The molecule has 1 aromatic carbocycles. The molecule has 0 heterocycles. The third-order valence-electron chi connectivity index (χ3n) is 2.42. The lowest BCUT2D eigenvalue weighted by molar-refractivity contribution is -0.140. The molecule has 114 valence electrons. The Morgan fingerprint density at radius 3 is 2.40 bits per heavy atom. The molecule has 1 rings (SSSR count). The van der Waals surface area contributed by atoms with Gasteiger partial charge in [-0.3, -0.25) is 4.55 Å². The molecule has 0 unspecified atom stereocenters. The summed E-state index contributed by atoms with van der Waals surface area (Å²) in [5, 5.41) is 2.74. The van der Waals surface area contributed by atoms with E-state index >= 15 is 0 Å². The number of hydrogen-bond donors (Lipinski definition) is 2. The largest absolute Gasteiger partial charge is 0.419 e. The summed E-state index contributed by atoms with van der Waals surface area (Å²) in [6.45, 7) is 0.322. The fourth-order valence-corrected chi connectivity index (χ4v) is 2.02. The first-order valence-electron chi connectivity index (χ1n) is 5.61. The average molecular weight is 315 g/mol. The summed E-state index contributed by atoms with van der Waals surface area (Å²) in [5.41, 5.74) is -1.02. The van der Waals surface area contributed by atoms with E-state index in [0.29, 0.717) is 11.6 Å². The normalized spacial score (nSPS) is 12.7. The number of halogens is 4. The molecule has 9 heteroatoms. The van der Waals surface area contributed by atoms with Crippen LogP contribution < -0.4 is 5.32 Å². The molecule has 0 bridgehead atoms. The highest BCUT2D eigenvalue weighted by Crippen LogP contribution is 2.31. The van der Waals surface area contributed by atoms with E-state index in [2.05, 4.69) is 5.32 Å².